The van der Waals surface area contributed by atoms with Crippen molar-refractivity contribution in [3.63, 3.8) is 0 Å². The number of hydrogen-bond donors (Lipinski definition) is 1. The van der Waals surface area contributed by atoms with Crippen LogP contribution in [0.3, 0.4) is 0 Å². The van der Waals surface area contributed by atoms with Gasteiger partial charge in [0.05, 0.1) is 11.3 Å². The molecule has 6 rings (SSSR count). The van der Waals surface area contributed by atoms with Crippen LogP contribution in [0.1, 0.15) is 22.8 Å². The summed E-state index contributed by atoms with van der Waals surface area (Å²) < 4.78 is 31.6. The lowest BCUT2D eigenvalue weighted by Gasteiger charge is -2.11. The number of aryl methyl sites for hydroxylation is 1. The van der Waals surface area contributed by atoms with E-state index in [1.54, 1.807) is 42.5 Å². The Hall–Kier alpha value is -5.44. The third-order valence-corrected chi connectivity index (χ3v) is 6.51. The zero-order chi connectivity index (χ0) is 28.5. The van der Waals surface area contributed by atoms with Crippen LogP contribution in [0.25, 0.3) is 28.1 Å². The molecular weight excluding hydrogens is 525 g/mol. The number of ether oxygens (including phenoxy) is 3. The molecule has 5 aromatic rings. The third kappa shape index (κ3) is 5.25. The van der Waals surface area contributed by atoms with Gasteiger partial charge in [0.1, 0.15) is 11.5 Å². The van der Waals surface area contributed by atoms with Crippen molar-refractivity contribution in [2.45, 2.75) is 13.8 Å². The van der Waals surface area contributed by atoms with Gasteiger partial charge in [0.25, 0.3) is 5.91 Å². The van der Waals surface area contributed by atoms with Gasteiger partial charge in [0, 0.05) is 23.7 Å². The molecule has 204 valence electrons. The van der Waals surface area contributed by atoms with Crippen LogP contribution in [0.4, 0.5) is 10.1 Å². The second-order valence-corrected chi connectivity index (χ2v) is 9.48. The minimum atomic E-state index is -0.530. The SMILES string of the molecule is CC(=O)Oc1c(-c2ccc(NC(=O)c3ccc4c(c3)OCO4)cc2)c(-c2cccc(C)c2)nn1-c1ccc(F)cc1. The number of hydrogen-bond acceptors (Lipinski definition) is 6. The number of nitrogens with zero attached hydrogens (tertiary/aromatic N) is 2. The van der Waals surface area contributed by atoms with Gasteiger partial charge >= 0.3 is 5.97 Å². The van der Waals surface area contributed by atoms with Crippen LogP contribution in [-0.2, 0) is 4.79 Å². The first kappa shape index (κ1) is 25.8. The van der Waals surface area contributed by atoms with E-state index >= 15 is 0 Å². The lowest BCUT2D eigenvalue weighted by Crippen LogP contribution is -2.11. The van der Waals surface area contributed by atoms with Crippen LogP contribution in [0.5, 0.6) is 17.4 Å². The van der Waals surface area contributed by atoms with Crippen molar-refractivity contribution >= 4 is 17.6 Å². The van der Waals surface area contributed by atoms with Crippen LogP contribution in [0, 0.1) is 12.7 Å². The Morgan fingerprint density at radius 1 is 0.902 bits per heavy atom. The Kier molecular flexibility index (Phi) is 6.68. The van der Waals surface area contributed by atoms with Crippen LogP contribution < -0.4 is 19.5 Å². The van der Waals surface area contributed by atoms with E-state index in [1.807, 2.05) is 43.3 Å². The van der Waals surface area contributed by atoms with Crippen molar-refractivity contribution in [1.82, 2.24) is 9.78 Å². The first-order valence-electron chi connectivity index (χ1n) is 12.8. The maximum atomic E-state index is 13.7. The third-order valence-electron chi connectivity index (χ3n) is 6.51. The summed E-state index contributed by atoms with van der Waals surface area (Å²) in [6.45, 7) is 3.41. The Morgan fingerprint density at radius 2 is 1.66 bits per heavy atom. The molecular formula is C32H24FN3O5. The van der Waals surface area contributed by atoms with Crippen LogP contribution >= 0.6 is 0 Å². The van der Waals surface area contributed by atoms with E-state index in [1.165, 1.54) is 23.7 Å². The summed E-state index contributed by atoms with van der Waals surface area (Å²) in [6.07, 6.45) is 0. The first-order chi connectivity index (χ1) is 19.9. The molecule has 0 atom stereocenters. The lowest BCUT2D eigenvalue weighted by molar-refractivity contribution is -0.132. The van der Waals surface area contributed by atoms with E-state index in [-0.39, 0.29) is 18.6 Å². The molecule has 0 aliphatic carbocycles. The van der Waals surface area contributed by atoms with Crippen molar-refractivity contribution in [1.29, 1.82) is 0 Å². The minimum absolute atomic E-state index is 0.124. The monoisotopic (exact) mass is 549 g/mol. The van der Waals surface area contributed by atoms with E-state index in [2.05, 4.69) is 5.32 Å². The van der Waals surface area contributed by atoms with Crippen molar-refractivity contribution < 1.29 is 28.2 Å². The predicted octanol–water partition coefficient (Wildman–Crippen LogP) is 6.56. The number of halogens is 1. The number of amides is 1. The van der Waals surface area contributed by atoms with Gasteiger partial charge < -0.3 is 19.5 Å². The Balaban J connectivity index is 1.40. The molecule has 0 bridgehead atoms. The van der Waals surface area contributed by atoms with Crippen LogP contribution in [0.15, 0.2) is 91.0 Å². The number of fused-ring (bicyclic) bond motifs is 1. The highest BCUT2D eigenvalue weighted by molar-refractivity contribution is 6.05. The standard InChI is InChI=1S/C32H24FN3O5/c1-19-4-3-5-22(16-19)30-29(32(41-20(2)37)36(35-30)26-13-9-24(33)10-14-26)21-6-11-25(12-7-21)34-31(38)23-8-15-27-28(17-23)40-18-39-27/h3-17H,18H2,1-2H3,(H,34,38). The normalized spacial score (nSPS) is 11.8. The maximum absolute atomic E-state index is 13.7. The Morgan fingerprint density at radius 3 is 2.39 bits per heavy atom. The van der Waals surface area contributed by atoms with Crippen molar-refractivity contribution in [3.8, 4) is 45.5 Å². The predicted molar refractivity (Wildman–Crippen MR) is 151 cm³/mol. The number of benzene rings is 4. The summed E-state index contributed by atoms with van der Waals surface area (Å²) in [5, 5.41) is 7.70. The van der Waals surface area contributed by atoms with Gasteiger partial charge in [-0.25, -0.2) is 4.39 Å². The molecule has 1 aliphatic heterocycles. The zero-order valence-electron chi connectivity index (χ0n) is 22.2. The van der Waals surface area contributed by atoms with Crippen molar-refractivity contribution in [2.75, 3.05) is 12.1 Å². The molecule has 1 aromatic heterocycles. The largest absolute Gasteiger partial charge is 0.454 e. The van der Waals surface area contributed by atoms with E-state index in [0.717, 1.165) is 11.1 Å². The Bertz CT molecular complexity index is 1780. The summed E-state index contributed by atoms with van der Waals surface area (Å²) in [5.74, 6) is 0.0808. The molecule has 0 radical (unpaired) electrons. The van der Waals surface area contributed by atoms with Crippen LogP contribution in [0.2, 0.25) is 0 Å². The second kappa shape index (κ2) is 10.6. The number of anilines is 1. The van der Waals surface area contributed by atoms with Crippen molar-refractivity contribution in [2.24, 2.45) is 0 Å². The highest BCUT2D eigenvalue weighted by Crippen LogP contribution is 2.41. The van der Waals surface area contributed by atoms with E-state index in [0.29, 0.717) is 45.3 Å². The minimum Gasteiger partial charge on any atom is -0.454 e. The molecule has 8 nitrogen and oxygen atoms in total. The van der Waals surface area contributed by atoms with Gasteiger partial charge in [-0.1, -0.05) is 35.9 Å². The number of carbonyl (C=O) groups is 2. The van der Waals surface area contributed by atoms with Gasteiger partial charge in [-0.15, -0.1) is 0 Å². The molecule has 0 fully saturated rings. The van der Waals surface area contributed by atoms with E-state index in [9.17, 15) is 14.0 Å². The molecule has 0 unspecified atom stereocenters. The summed E-state index contributed by atoms with van der Waals surface area (Å²) in [5.41, 5.74) is 5.21. The highest BCUT2D eigenvalue weighted by atomic mass is 19.1. The molecule has 1 aliphatic rings. The molecule has 0 spiro atoms. The van der Waals surface area contributed by atoms with Gasteiger partial charge in [-0.2, -0.15) is 9.78 Å². The fraction of sp³-hybridized carbons (Fsp3) is 0.0938. The fourth-order valence-corrected chi connectivity index (χ4v) is 4.61. The topological polar surface area (TPSA) is 91.7 Å². The number of carbonyl (C=O) groups excluding carboxylic acids is 2. The van der Waals surface area contributed by atoms with E-state index < -0.39 is 11.8 Å². The number of rotatable bonds is 6. The summed E-state index contributed by atoms with van der Waals surface area (Å²) in [6, 6.07) is 25.7. The molecule has 4 aromatic carbocycles. The highest BCUT2D eigenvalue weighted by Gasteiger charge is 2.25. The van der Waals surface area contributed by atoms with Crippen LogP contribution in [-0.4, -0.2) is 28.4 Å². The average molecular weight is 550 g/mol. The second-order valence-electron chi connectivity index (χ2n) is 9.48. The number of aromatic nitrogens is 2. The molecule has 0 saturated carbocycles. The maximum Gasteiger partial charge on any atom is 0.309 e. The zero-order valence-corrected chi connectivity index (χ0v) is 22.2. The summed E-state index contributed by atoms with van der Waals surface area (Å²) in [4.78, 5) is 25.1. The van der Waals surface area contributed by atoms with E-state index in [4.69, 9.17) is 19.3 Å². The molecule has 1 N–H and O–H groups in total. The summed E-state index contributed by atoms with van der Waals surface area (Å²) >= 11 is 0. The molecule has 2 heterocycles. The van der Waals surface area contributed by atoms with Gasteiger partial charge in [0.2, 0.25) is 12.7 Å². The number of nitrogens with one attached hydrogen (secondary N) is 1. The quantitative estimate of drug-likeness (QED) is 0.241. The average Bonchev–Trinajstić information content (AvgIpc) is 3.58. The molecule has 1 amide bonds. The first-order valence-corrected chi connectivity index (χ1v) is 12.8. The van der Waals surface area contributed by atoms with Crippen molar-refractivity contribution in [3.05, 3.63) is 108 Å². The summed E-state index contributed by atoms with van der Waals surface area (Å²) in [7, 11) is 0. The smallest absolute Gasteiger partial charge is 0.309 e. The van der Waals surface area contributed by atoms with Gasteiger partial charge in [0.15, 0.2) is 11.5 Å². The molecule has 41 heavy (non-hydrogen) atoms. The lowest BCUT2D eigenvalue weighted by atomic mass is 10.00. The van der Waals surface area contributed by atoms with Gasteiger partial charge in [-0.05, 0) is 73.2 Å². The number of esters is 1. The Labute approximate surface area is 234 Å². The molecule has 0 saturated heterocycles. The molecule has 9 heteroatoms. The van der Waals surface area contributed by atoms with Gasteiger partial charge in [-0.3, -0.25) is 9.59 Å². The fourth-order valence-electron chi connectivity index (χ4n) is 4.61.